The first-order valence-corrected chi connectivity index (χ1v) is 4.48. The first kappa shape index (κ1) is 7.37. The molecule has 2 rings (SSSR count). The highest BCUT2D eigenvalue weighted by Crippen LogP contribution is 2.41. The van der Waals surface area contributed by atoms with Crippen molar-refractivity contribution in [2.45, 2.75) is 18.9 Å². The van der Waals surface area contributed by atoms with Gasteiger partial charge in [-0.1, -0.05) is 0 Å². The van der Waals surface area contributed by atoms with Gasteiger partial charge < -0.3 is 9.52 Å². The first-order chi connectivity index (χ1) is 5.27. The van der Waals surface area contributed by atoms with Crippen LogP contribution < -0.4 is 0 Å². The van der Waals surface area contributed by atoms with E-state index in [0.717, 1.165) is 18.4 Å². The van der Waals surface area contributed by atoms with Crippen molar-refractivity contribution in [2.75, 3.05) is 0 Å². The van der Waals surface area contributed by atoms with Crippen molar-refractivity contribution >= 4 is 15.9 Å². The summed E-state index contributed by atoms with van der Waals surface area (Å²) < 4.78 is 5.71. The molecule has 1 N–H and O–H groups in total. The van der Waals surface area contributed by atoms with Gasteiger partial charge >= 0.3 is 0 Å². The van der Waals surface area contributed by atoms with Crippen molar-refractivity contribution < 1.29 is 9.52 Å². The van der Waals surface area contributed by atoms with Crippen molar-refractivity contribution in [1.82, 2.24) is 0 Å². The van der Waals surface area contributed by atoms with E-state index in [0.29, 0.717) is 10.6 Å². The molecule has 0 saturated heterocycles. The normalized spacial score (nSPS) is 20.2. The summed E-state index contributed by atoms with van der Waals surface area (Å²) in [5, 5.41) is 9.59. The molecule has 1 fully saturated rings. The van der Waals surface area contributed by atoms with Crippen LogP contribution in [-0.2, 0) is 0 Å². The van der Waals surface area contributed by atoms with Crippen LogP contribution in [-0.4, -0.2) is 5.11 Å². The summed E-state index contributed by atoms with van der Waals surface area (Å²) in [6.07, 6.45) is 3.58. The summed E-state index contributed by atoms with van der Waals surface area (Å²) in [6, 6.07) is 1.82. The highest BCUT2D eigenvalue weighted by atomic mass is 79.9. The van der Waals surface area contributed by atoms with Gasteiger partial charge in [0, 0.05) is 5.56 Å². The third kappa shape index (κ3) is 1.49. The molecule has 2 nitrogen and oxygen atoms in total. The largest absolute Gasteiger partial charge is 0.457 e. The van der Waals surface area contributed by atoms with E-state index in [-0.39, 0.29) is 6.10 Å². The Balaban J connectivity index is 2.14. The van der Waals surface area contributed by atoms with E-state index in [4.69, 9.17) is 4.42 Å². The van der Waals surface area contributed by atoms with Crippen LogP contribution in [0.4, 0.5) is 0 Å². The second-order valence-corrected chi connectivity index (χ2v) is 3.75. The minimum atomic E-state index is -0.315. The van der Waals surface area contributed by atoms with Gasteiger partial charge in [0.15, 0.2) is 4.67 Å². The third-order valence-electron chi connectivity index (χ3n) is 2.00. The fraction of sp³-hybridized carbons (Fsp3) is 0.500. The number of halogens is 1. The third-order valence-corrected chi connectivity index (χ3v) is 2.41. The molecule has 0 aromatic carbocycles. The lowest BCUT2D eigenvalue weighted by molar-refractivity contribution is 0.153. The highest BCUT2D eigenvalue weighted by Gasteiger charge is 2.31. The molecular weight excluding hydrogens is 208 g/mol. The molecule has 1 aromatic rings. The minimum Gasteiger partial charge on any atom is -0.457 e. The topological polar surface area (TPSA) is 33.4 Å². The van der Waals surface area contributed by atoms with Crippen molar-refractivity contribution in [1.29, 1.82) is 0 Å². The van der Waals surface area contributed by atoms with Crippen LogP contribution in [0.3, 0.4) is 0 Å². The number of rotatable bonds is 2. The van der Waals surface area contributed by atoms with Gasteiger partial charge in [0.2, 0.25) is 0 Å². The average Bonchev–Trinajstić information content (AvgIpc) is 2.74. The van der Waals surface area contributed by atoms with Gasteiger partial charge in [-0.15, -0.1) is 0 Å². The maximum atomic E-state index is 9.59. The van der Waals surface area contributed by atoms with Crippen LogP contribution in [0.2, 0.25) is 0 Å². The first-order valence-electron chi connectivity index (χ1n) is 3.69. The van der Waals surface area contributed by atoms with E-state index >= 15 is 0 Å². The Bertz CT molecular complexity index is 252. The summed E-state index contributed by atoms with van der Waals surface area (Å²) in [5.41, 5.74) is 0.888. The molecule has 0 bridgehead atoms. The molecule has 0 aliphatic heterocycles. The van der Waals surface area contributed by atoms with E-state index in [1.807, 2.05) is 6.07 Å². The molecule has 0 radical (unpaired) electrons. The molecule has 1 aliphatic rings. The molecule has 1 atom stereocenters. The lowest BCUT2D eigenvalue weighted by Gasteiger charge is -2.03. The molecule has 1 saturated carbocycles. The Kier molecular flexibility index (Phi) is 1.77. The second kappa shape index (κ2) is 2.64. The lowest BCUT2D eigenvalue weighted by Crippen LogP contribution is -1.96. The van der Waals surface area contributed by atoms with Crippen molar-refractivity contribution in [3.8, 4) is 0 Å². The highest BCUT2D eigenvalue weighted by molar-refractivity contribution is 9.10. The second-order valence-electron chi connectivity index (χ2n) is 2.97. The van der Waals surface area contributed by atoms with E-state index in [1.165, 1.54) is 0 Å². The van der Waals surface area contributed by atoms with E-state index in [2.05, 4.69) is 15.9 Å². The van der Waals surface area contributed by atoms with Gasteiger partial charge in [0.25, 0.3) is 0 Å². The molecule has 11 heavy (non-hydrogen) atoms. The molecule has 1 aromatic heterocycles. The zero-order valence-electron chi connectivity index (χ0n) is 5.96. The monoisotopic (exact) mass is 216 g/mol. The van der Waals surface area contributed by atoms with Crippen molar-refractivity contribution in [3.63, 3.8) is 0 Å². The predicted octanol–water partition coefficient (Wildman–Crippen LogP) is 2.49. The van der Waals surface area contributed by atoms with Crippen LogP contribution in [0, 0.1) is 5.92 Å². The van der Waals surface area contributed by atoms with Gasteiger partial charge in [0.05, 0.1) is 12.4 Å². The zero-order valence-corrected chi connectivity index (χ0v) is 7.54. The summed E-state index contributed by atoms with van der Waals surface area (Å²) in [4.78, 5) is 0. The maximum absolute atomic E-state index is 9.59. The van der Waals surface area contributed by atoms with Crippen molar-refractivity contribution in [3.05, 3.63) is 22.6 Å². The van der Waals surface area contributed by atoms with Gasteiger partial charge in [-0.05, 0) is 40.8 Å². The summed E-state index contributed by atoms with van der Waals surface area (Å²) in [5.74, 6) is 0.472. The number of hydrogen-bond donors (Lipinski definition) is 1. The van der Waals surface area contributed by atoms with Gasteiger partial charge in [-0.3, -0.25) is 0 Å². The summed E-state index contributed by atoms with van der Waals surface area (Å²) in [7, 11) is 0. The number of furan rings is 1. The Morgan fingerprint density at radius 3 is 2.82 bits per heavy atom. The van der Waals surface area contributed by atoms with Gasteiger partial charge in [-0.2, -0.15) is 0 Å². The fourth-order valence-electron chi connectivity index (χ4n) is 1.16. The Hall–Kier alpha value is -0.280. The molecule has 1 unspecified atom stereocenters. The van der Waals surface area contributed by atoms with Crippen molar-refractivity contribution in [2.24, 2.45) is 5.92 Å². The summed E-state index contributed by atoms with van der Waals surface area (Å²) in [6.45, 7) is 0. The van der Waals surface area contributed by atoms with Gasteiger partial charge in [0.1, 0.15) is 0 Å². The van der Waals surface area contributed by atoms with E-state index in [9.17, 15) is 5.11 Å². The fourth-order valence-corrected chi connectivity index (χ4v) is 1.52. The minimum absolute atomic E-state index is 0.315. The smallest absolute Gasteiger partial charge is 0.169 e. The maximum Gasteiger partial charge on any atom is 0.169 e. The molecule has 1 heterocycles. The zero-order chi connectivity index (χ0) is 7.84. The van der Waals surface area contributed by atoms with Crippen LogP contribution in [0.5, 0.6) is 0 Å². The van der Waals surface area contributed by atoms with Crippen LogP contribution in [0.15, 0.2) is 21.4 Å². The van der Waals surface area contributed by atoms with E-state index in [1.54, 1.807) is 6.26 Å². The van der Waals surface area contributed by atoms with Crippen LogP contribution in [0.1, 0.15) is 24.5 Å². The summed E-state index contributed by atoms with van der Waals surface area (Å²) >= 11 is 3.19. The van der Waals surface area contributed by atoms with Crippen LogP contribution in [0.25, 0.3) is 0 Å². The molecule has 1 aliphatic carbocycles. The standard InChI is InChI=1S/C8H9BrO2/c9-7-3-6(4-11-7)8(10)5-1-2-5/h3-5,8,10H,1-2H2. The Morgan fingerprint density at radius 1 is 1.64 bits per heavy atom. The van der Waals surface area contributed by atoms with E-state index < -0.39 is 0 Å². The molecule has 0 amide bonds. The quantitative estimate of drug-likeness (QED) is 0.825. The van der Waals surface area contributed by atoms with Gasteiger partial charge in [-0.25, -0.2) is 0 Å². The number of hydrogen-bond acceptors (Lipinski definition) is 2. The number of aliphatic hydroxyl groups is 1. The van der Waals surface area contributed by atoms with Crippen LogP contribution >= 0.6 is 15.9 Å². The Morgan fingerprint density at radius 2 is 2.36 bits per heavy atom. The predicted molar refractivity (Wildman–Crippen MR) is 44.1 cm³/mol. The Labute approximate surface area is 73.3 Å². The number of aliphatic hydroxyl groups excluding tert-OH is 1. The average molecular weight is 217 g/mol. The lowest BCUT2D eigenvalue weighted by atomic mass is 10.1. The molecule has 3 heteroatoms. The molecule has 0 spiro atoms. The molecule has 60 valence electrons. The molecular formula is C8H9BrO2. The SMILES string of the molecule is OC(c1coc(Br)c1)C1CC1.